The minimum Gasteiger partial charge on any atom is -0.271 e. The van der Waals surface area contributed by atoms with Crippen LogP contribution in [0.2, 0.25) is 5.02 Å². The van der Waals surface area contributed by atoms with E-state index >= 15 is 0 Å². The highest BCUT2D eigenvalue weighted by molar-refractivity contribution is 6.31. The highest BCUT2D eigenvalue weighted by Crippen LogP contribution is 2.21. The summed E-state index contributed by atoms with van der Waals surface area (Å²) in [6.45, 7) is 5.72. The van der Waals surface area contributed by atoms with Gasteiger partial charge in [0.15, 0.2) is 0 Å². The molecule has 1 rings (SSSR count). The van der Waals surface area contributed by atoms with E-state index in [2.05, 4.69) is 12.0 Å². The van der Waals surface area contributed by atoms with Crippen LogP contribution in [0.25, 0.3) is 0 Å². The fourth-order valence-electron chi connectivity index (χ4n) is 1.58. The minimum atomic E-state index is -0.297. The standard InChI is InChI=1S/C12H16ClFN2/c1-8(2)6-9(16-15)7-10-11(13)4-3-5-12(10)14/h3-5,9,16H,1,6-7,15H2,2H3. The molecule has 0 aromatic heterocycles. The molecule has 0 aliphatic heterocycles. The number of benzene rings is 1. The minimum absolute atomic E-state index is 0.0492. The first kappa shape index (κ1) is 13.2. The average Bonchev–Trinajstić information content (AvgIpc) is 2.21. The van der Waals surface area contributed by atoms with Gasteiger partial charge in [-0.3, -0.25) is 11.3 Å². The lowest BCUT2D eigenvalue weighted by molar-refractivity contribution is 0.505. The van der Waals surface area contributed by atoms with Gasteiger partial charge in [-0.1, -0.05) is 23.2 Å². The zero-order valence-electron chi connectivity index (χ0n) is 9.26. The highest BCUT2D eigenvalue weighted by atomic mass is 35.5. The Morgan fingerprint density at radius 2 is 2.31 bits per heavy atom. The molecular formula is C12H16ClFN2. The molecule has 1 atom stereocenters. The molecule has 0 radical (unpaired) electrons. The normalized spacial score (nSPS) is 12.5. The van der Waals surface area contributed by atoms with Crippen LogP contribution in [0.3, 0.4) is 0 Å². The topological polar surface area (TPSA) is 38.0 Å². The van der Waals surface area contributed by atoms with Gasteiger partial charge in [-0.25, -0.2) is 4.39 Å². The molecular weight excluding hydrogens is 227 g/mol. The summed E-state index contributed by atoms with van der Waals surface area (Å²) in [5, 5.41) is 0.432. The molecule has 0 fully saturated rings. The van der Waals surface area contributed by atoms with Crippen LogP contribution in [0, 0.1) is 5.82 Å². The Morgan fingerprint density at radius 3 is 2.81 bits per heavy atom. The molecule has 0 aliphatic rings. The lowest BCUT2D eigenvalue weighted by Gasteiger charge is -2.17. The van der Waals surface area contributed by atoms with Crippen LogP contribution in [-0.4, -0.2) is 6.04 Å². The first-order chi connectivity index (χ1) is 7.54. The largest absolute Gasteiger partial charge is 0.271 e. The molecule has 88 valence electrons. The van der Waals surface area contributed by atoms with Crippen LogP contribution in [0.15, 0.2) is 30.4 Å². The third-order valence-corrected chi connectivity index (χ3v) is 2.70. The number of hydrogen-bond acceptors (Lipinski definition) is 2. The summed E-state index contributed by atoms with van der Waals surface area (Å²) in [6, 6.07) is 4.61. The van der Waals surface area contributed by atoms with Crippen molar-refractivity contribution in [2.75, 3.05) is 0 Å². The Hall–Kier alpha value is -0.900. The summed E-state index contributed by atoms with van der Waals surface area (Å²) in [7, 11) is 0. The Morgan fingerprint density at radius 1 is 1.62 bits per heavy atom. The van der Waals surface area contributed by atoms with Crippen molar-refractivity contribution in [1.29, 1.82) is 0 Å². The molecule has 0 saturated carbocycles. The predicted molar refractivity (Wildman–Crippen MR) is 65.7 cm³/mol. The Labute approximate surface area is 100 Å². The number of nitrogens with two attached hydrogens (primary N) is 1. The molecule has 0 bridgehead atoms. The van der Waals surface area contributed by atoms with E-state index in [0.29, 0.717) is 23.4 Å². The van der Waals surface area contributed by atoms with Gasteiger partial charge in [0.2, 0.25) is 0 Å². The van der Waals surface area contributed by atoms with E-state index in [4.69, 9.17) is 17.4 Å². The monoisotopic (exact) mass is 242 g/mol. The molecule has 0 saturated heterocycles. The first-order valence-electron chi connectivity index (χ1n) is 5.08. The fourth-order valence-corrected chi connectivity index (χ4v) is 1.82. The van der Waals surface area contributed by atoms with E-state index in [1.165, 1.54) is 6.07 Å². The third-order valence-electron chi connectivity index (χ3n) is 2.34. The van der Waals surface area contributed by atoms with Gasteiger partial charge >= 0.3 is 0 Å². The molecule has 0 spiro atoms. The van der Waals surface area contributed by atoms with Gasteiger partial charge in [0, 0.05) is 16.6 Å². The van der Waals surface area contributed by atoms with Crippen molar-refractivity contribution in [3.63, 3.8) is 0 Å². The molecule has 1 aromatic rings. The van der Waals surface area contributed by atoms with Crippen molar-refractivity contribution in [3.8, 4) is 0 Å². The van der Waals surface area contributed by atoms with Gasteiger partial charge in [0.05, 0.1) is 0 Å². The maximum Gasteiger partial charge on any atom is 0.127 e. The van der Waals surface area contributed by atoms with E-state index in [1.54, 1.807) is 12.1 Å². The number of hydrazine groups is 1. The quantitative estimate of drug-likeness (QED) is 0.473. The van der Waals surface area contributed by atoms with Crippen LogP contribution in [0.1, 0.15) is 18.9 Å². The summed E-state index contributed by atoms with van der Waals surface area (Å²) >= 11 is 5.94. The third kappa shape index (κ3) is 3.59. The Bertz CT molecular complexity index is 359. The summed E-state index contributed by atoms with van der Waals surface area (Å²) in [5.41, 5.74) is 4.14. The number of nitrogens with one attached hydrogen (secondary N) is 1. The maximum atomic E-state index is 13.5. The maximum absolute atomic E-state index is 13.5. The van der Waals surface area contributed by atoms with Crippen molar-refractivity contribution < 1.29 is 4.39 Å². The SMILES string of the molecule is C=C(C)CC(Cc1c(F)cccc1Cl)NN. The van der Waals surface area contributed by atoms with Crippen molar-refractivity contribution in [1.82, 2.24) is 5.43 Å². The van der Waals surface area contributed by atoms with Crippen molar-refractivity contribution in [2.24, 2.45) is 5.84 Å². The molecule has 16 heavy (non-hydrogen) atoms. The van der Waals surface area contributed by atoms with Gasteiger partial charge in [-0.2, -0.15) is 0 Å². The van der Waals surface area contributed by atoms with Gasteiger partial charge in [-0.05, 0) is 31.9 Å². The number of hydrogen-bond donors (Lipinski definition) is 2. The molecule has 1 unspecified atom stereocenters. The highest BCUT2D eigenvalue weighted by Gasteiger charge is 2.13. The lowest BCUT2D eigenvalue weighted by Crippen LogP contribution is -2.37. The Kier molecular flexibility index (Phi) is 4.93. The Balaban J connectivity index is 2.81. The summed E-state index contributed by atoms with van der Waals surface area (Å²) in [6.07, 6.45) is 1.15. The molecule has 0 heterocycles. The molecule has 4 heteroatoms. The van der Waals surface area contributed by atoms with Gasteiger partial charge in [-0.15, -0.1) is 6.58 Å². The number of halogens is 2. The van der Waals surface area contributed by atoms with E-state index < -0.39 is 0 Å². The van der Waals surface area contributed by atoms with Gasteiger partial charge < -0.3 is 0 Å². The van der Waals surface area contributed by atoms with Crippen LogP contribution in [-0.2, 0) is 6.42 Å². The van der Waals surface area contributed by atoms with Crippen LogP contribution in [0.5, 0.6) is 0 Å². The second-order valence-corrected chi connectivity index (χ2v) is 4.34. The zero-order valence-corrected chi connectivity index (χ0v) is 10.0. The van der Waals surface area contributed by atoms with Gasteiger partial charge in [0.1, 0.15) is 5.82 Å². The molecule has 0 amide bonds. The second kappa shape index (κ2) is 5.99. The van der Waals surface area contributed by atoms with Crippen LogP contribution < -0.4 is 11.3 Å². The summed E-state index contributed by atoms with van der Waals surface area (Å²) in [4.78, 5) is 0. The van der Waals surface area contributed by atoms with E-state index in [0.717, 1.165) is 5.57 Å². The van der Waals surface area contributed by atoms with E-state index in [1.807, 2.05) is 6.92 Å². The zero-order chi connectivity index (χ0) is 12.1. The summed E-state index contributed by atoms with van der Waals surface area (Å²) < 4.78 is 13.5. The van der Waals surface area contributed by atoms with Crippen molar-refractivity contribution in [3.05, 3.63) is 46.8 Å². The van der Waals surface area contributed by atoms with Crippen LogP contribution >= 0.6 is 11.6 Å². The van der Waals surface area contributed by atoms with Gasteiger partial charge in [0.25, 0.3) is 0 Å². The first-order valence-corrected chi connectivity index (χ1v) is 5.45. The number of rotatable bonds is 5. The second-order valence-electron chi connectivity index (χ2n) is 3.93. The predicted octanol–water partition coefficient (Wildman–Crippen LogP) is 2.82. The molecule has 0 aliphatic carbocycles. The van der Waals surface area contributed by atoms with E-state index in [9.17, 15) is 4.39 Å². The van der Waals surface area contributed by atoms with Crippen molar-refractivity contribution in [2.45, 2.75) is 25.8 Å². The van der Waals surface area contributed by atoms with Crippen LogP contribution in [0.4, 0.5) is 4.39 Å². The fraction of sp³-hybridized carbons (Fsp3) is 0.333. The molecule has 3 N–H and O–H groups in total. The van der Waals surface area contributed by atoms with E-state index in [-0.39, 0.29) is 11.9 Å². The lowest BCUT2D eigenvalue weighted by atomic mass is 10.0. The smallest absolute Gasteiger partial charge is 0.127 e. The molecule has 1 aromatic carbocycles. The summed E-state index contributed by atoms with van der Waals surface area (Å²) in [5.74, 6) is 5.12. The average molecular weight is 243 g/mol. The van der Waals surface area contributed by atoms with Crippen molar-refractivity contribution >= 4 is 11.6 Å². The molecule has 2 nitrogen and oxygen atoms in total.